The highest BCUT2D eigenvalue weighted by atomic mass is 127. The molecule has 1 aromatic carbocycles. The fraction of sp³-hybridized carbons (Fsp3) is 0.286. The standard InChI is InChI=1S/C14H15FINS/c1-8-4-9(2)13(11(15)5-8)14(17-3)10-6-12(16)18-7-10/h4-7,14,17H,1-3H3. The van der Waals surface area contributed by atoms with Crippen LogP contribution >= 0.6 is 33.9 Å². The highest BCUT2D eigenvalue weighted by Gasteiger charge is 2.19. The molecule has 0 spiro atoms. The third-order valence-corrected chi connectivity index (χ3v) is 4.79. The highest BCUT2D eigenvalue weighted by Crippen LogP contribution is 2.31. The Bertz CT molecular complexity index is 542. The second-order valence-electron chi connectivity index (χ2n) is 4.38. The van der Waals surface area contributed by atoms with Crippen LogP contribution in [0.2, 0.25) is 0 Å². The third kappa shape index (κ3) is 2.75. The lowest BCUT2D eigenvalue weighted by Gasteiger charge is -2.19. The molecule has 0 amide bonds. The molecule has 0 bridgehead atoms. The van der Waals surface area contributed by atoms with Crippen molar-refractivity contribution in [1.82, 2.24) is 5.32 Å². The molecule has 0 aliphatic rings. The summed E-state index contributed by atoms with van der Waals surface area (Å²) >= 11 is 3.97. The van der Waals surface area contributed by atoms with Crippen molar-refractivity contribution in [3.8, 4) is 0 Å². The second-order valence-corrected chi connectivity index (χ2v) is 7.19. The molecule has 0 aliphatic carbocycles. The molecule has 2 aromatic rings. The fourth-order valence-electron chi connectivity index (χ4n) is 2.24. The van der Waals surface area contributed by atoms with E-state index in [0.717, 1.165) is 22.3 Å². The van der Waals surface area contributed by atoms with Crippen LogP contribution in [0.25, 0.3) is 0 Å². The monoisotopic (exact) mass is 375 g/mol. The first-order chi connectivity index (χ1) is 8.52. The van der Waals surface area contributed by atoms with Gasteiger partial charge in [0.15, 0.2) is 0 Å². The number of benzene rings is 1. The molecule has 96 valence electrons. The number of rotatable bonds is 3. The molecule has 18 heavy (non-hydrogen) atoms. The molecule has 0 fully saturated rings. The number of hydrogen-bond donors (Lipinski definition) is 1. The van der Waals surface area contributed by atoms with Crippen molar-refractivity contribution in [2.45, 2.75) is 19.9 Å². The molecule has 1 N–H and O–H groups in total. The Morgan fingerprint density at radius 3 is 2.50 bits per heavy atom. The highest BCUT2D eigenvalue weighted by molar-refractivity contribution is 14.1. The minimum atomic E-state index is -0.131. The van der Waals surface area contributed by atoms with Crippen LogP contribution in [0.3, 0.4) is 0 Å². The van der Waals surface area contributed by atoms with Crippen LogP contribution < -0.4 is 5.32 Å². The maximum Gasteiger partial charge on any atom is 0.128 e. The number of aryl methyl sites for hydroxylation is 2. The van der Waals surface area contributed by atoms with Crippen molar-refractivity contribution in [1.29, 1.82) is 0 Å². The van der Waals surface area contributed by atoms with Gasteiger partial charge >= 0.3 is 0 Å². The zero-order valence-electron chi connectivity index (χ0n) is 10.6. The van der Waals surface area contributed by atoms with Gasteiger partial charge in [0.25, 0.3) is 0 Å². The van der Waals surface area contributed by atoms with Crippen molar-refractivity contribution in [2.75, 3.05) is 7.05 Å². The summed E-state index contributed by atoms with van der Waals surface area (Å²) in [5, 5.41) is 5.30. The Labute approximate surface area is 125 Å². The Balaban J connectivity index is 2.51. The molecule has 2 rings (SSSR count). The van der Waals surface area contributed by atoms with Crippen LogP contribution in [-0.2, 0) is 0 Å². The molecule has 0 saturated heterocycles. The Morgan fingerprint density at radius 2 is 2.00 bits per heavy atom. The minimum Gasteiger partial charge on any atom is -0.309 e. The van der Waals surface area contributed by atoms with Gasteiger partial charge in [0.05, 0.1) is 8.93 Å². The topological polar surface area (TPSA) is 12.0 Å². The summed E-state index contributed by atoms with van der Waals surface area (Å²) in [7, 11) is 1.87. The summed E-state index contributed by atoms with van der Waals surface area (Å²) in [6, 6.07) is 5.65. The predicted molar refractivity (Wildman–Crippen MR) is 83.8 cm³/mol. The number of thiophene rings is 1. The van der Waals surface area contributed by atoms with E-state index in [-0.39, 0.29) is 11.9 Å². The summed E-state index contributed by atoms with van der Waals surface area (Å²) in [6.45, 7) is 3.88. The molecule has 0 radical (unpaired) electrons. The van der Waals surface area contributed by atoms with Crippen LogP contribution in [-0.4, -0.2) is 7.05 Å². The largest absolute Gasteiger partial charge is 0.309 e. The van der Waals surface area contributed by atoms with Gasteiger partial charge in [0, 0.05) is 5.56 Å². The Kier molecular flexibility index (Phi) is 4.40. The lowest BCUT2D eigenvalue weighted by atomic mass is 9.95. The normalized spacial score (nSPS) is 12.7. The van der Waals surface area contributed by atoms with Crippen molar-refractivity contribution >= 4 is 33.9 Å². The molecule has 4 heteroatoms. The van der Waals surface area contributed by atoms with Gasteiger partial charge in [-0.3, -0.25) is 0 Å². The average Bonchev–Trinajstić information content (AvgIpc) is 2.69. The van der Waals surface area contributed by atoms with E-state index in [1.165, 1.54) is 2.88 Å². The zero-order chi connectivity index (χ0) is 13.3. The summed E-state index contributed by atoms with van der Waals surface area (Å²) in [5.41, 5.74) is 3.83. The molecule has 1 atom stereocenters. The predicted octanol–water partition coefficient (Wildman–Crippen LogP) is 4.42. The molecular formula is C14H15FINS. The van der Waals surface area contributed by atoms with Crippen molar-refractivity contribution in [3.05, 3.63) is 54.5 Å². The van der Waals surface area contributed by atoms with E-state index < -0.39 is 0 Å². The SMILES string of the molecule is CNC(c1csc(I)c1)c1c(C)cc(C)cc1F. The maximum absolute atomic E-state index is 14.2. The summed E-state index contributed by atoms with van der Waals surface area (Å²) in [4.78, 5) is 0. The Hall–Kier alpha value is -0.460. The van der Waals surface area contributed by atoms with Crippen LogP contribution in [0.15, 0.2) is 23.6 Å². The van der Waals surface area contributed by atoms with Gasteiger partial charge in [-0.25, -0.2) is 4.39 Å². The van der Waals surface area contributed by atoms with Crippen LogP contribution in [0.5, 0.6) is 0 Å². The second kappa shape index (κ2) is 5.67. The van der Waals surface area contributed by atoms with Gasteiger partial charge in [-0.1, -0.05) is 6.07 Å². The quantitative estimate of drug-likeness (QED) is 0.784. The Morgan fingerprint density at radius 1 is 1.28 bits per heavy atom. The van der Waals surface area contributed by atoms with E-state index in [1.807, 2.05) is 27.0 Å². The van der Waals surface area contributed by atoms with Gasteiger partial charge < -0.3 is 5.32 Å². The van der Waals surface area contributed by atoms with Crippen LogP contribution in [0.4, 0.5) is 4.39 Å². The van der Waals surface area contributed by atoms with E-state index >= 15 is 0 Å². The summed E-state index contributed by atoms with van der Waals surface area (Å²) in [5.74, 6) is -0.131. The van der Waals surface area contributed by atoms with Gasteiger partial charge in [-0.15, -0.1) is 11.3 Å². The van der Waals surface area contributed by atoms with E-state index in [9.17, 15) is 4.39 Å². The van der Waals surface area contributed by atoms with Gasteiger partial charge in [0.2, 0.25) is 0 Å². The molecule has 1 heterocycles. The smallest absolute Gasteiger partial charge is 0.128 e. The summed E-state index contributed by atoms with van der Waals surface area (Å²) in [6.07, 6.45) is 0. The number of nitrogens with one attached hydrogen (secondary N) is 1. The maximum atomic E-state index is 14.2. The van der Waals surface area contributed by atoms with Crippen LogP contribution in [0, 0.1) is 22.5 Å². The van der Waals surface area contributed by atoms with E-state index in [4.69, 9.17) is 0 Å². The van der Waals surface area contributed by atoms with E-state index in [0.29, 0.717) is 0 Å². The molecule has 1 unspecified atom stereocenters. The lowest BCUT2D eigenvalue weighted by Crippen LogP contribution is -2.19. The third-order valence-electron chi connectivity index (χ3n) is 2.98. The fourth-order valence-corrected chi connectivity index (χ4v) is 3.64. The van der Waals surface area contributed by atoms with Crippen molar-refractivity contribution in [3.63, 3.8) is 0 Å². The van der Waals surface area contributed by atoms with Gasteiger partial charge in [-0.2, -0.15) is 0 Å². The zero-order valence-corrected chi connectivity index (χ0v) is 13.5. The first-order valence-electron chi connectivity index (χ1n) is 5.70. The molecule has 1 nitrogen and oxygen atoms in total. The first kappa shape index (κ1) is 14.0. The lowest BCUT2D eigenvalue weighted by molar-refractivity contribution is 0.572. The average molecular weight is 375 g/mol. The first-order valence-corrected chi connectivity index (χ1v) is 7.66. The van der Waals surface area contributed by atoms with Crippen molar-refractivity contribution in [2.24, 2.45) is 0 Å². The molecule has 0 aliphatic heterocycles. The van der Waals surface area contributed by atoms with E-state index in [2.05, 4.69) is 39.4 Å². The molecular weight excluding hydrogens is 360 g/mol. The minimum absolute atomic E-state index is 0.0784. The van der Waals surface area contributed by atoms with Crippen LogP contribution in [0.1, 0.15) is 28.3 Å². The number of halogens is 2. The van der Waals surface area contributed by atoms with Gasteiger partial charge in [-0.05, 0) is 77.7 Å². The van der Waals surface area contributed by atoms with E-state index in [1.54, 1.807) is 17.4 Å². The summed E-state index contributed by atoms with van der Waals surface area (Å²) < 4.78 is 15.4. The van der Waals surface area contributed by atoms with Gasteiger partial charge in [0.1, 0.15) is 5.82 Å². The molecule has 1 aromatic heterocycles. The number of hydrogen-bond acceptors (Lipinski definition) is 2. The molecule has 0 saturated carbocycles. The van der Waals surface area contributed by atoms with Crippen molar-refractivity contribution < 1.29 is 4.39 Å².